The lowest BCUT2D eigenvalue weighted by atomic mass is 10.1. The Hall–Kier alpha value is -1.04. The molecule has 1 aromatic rings. The van der Waals surface area contributed by atoms with Gasteiger partial charge in [0.15, 0.2) is 6.10 Å². The maximum absolute atomic E-state index is 11.3. The van der Waals surface area contributed by atoms with Crippen molar-refractivity contribution in [2.24, 2.45) is 0 Å². The molecule has 96 valence electrons. The molecule has 4 nitrogen and oxygen atoms in total. The Morgan fingerprint density at radius 1 is 1.50 bits per heavy atom. The molecule has 0 radical (unpaired) electrons. The normalized spacial score (nSPS) is 26.2. The van der Waals surface area contributed by atoms with Crippen LogP contribution in [0.4, 0.5) is 5.69 Å². The third-order valence-corrected chi connectivity index (χ3v) is 4.41. The van der Waals surface area contributed by atoms with Crippen molar-refractivity contribution in [1.29, 1.82) is 0 Å². The fourth-order valence-corrected chi connectivity index (χ4v) is 3.29. The fourth-order valence-electron chi connectivity index (χ4n) is 2.28. The molecule has 2 N–H and O–H groups in total. The standard InChI is InChI=1S/C13H15NO3S/c15-12-10-4-3-9(6-11(10)14-13(12)16)18-7-8-2-1-5-17-8/h3-4,6,8,12,15H,1-2,5,7H2,(H,14,16). The average molecular weight is 265 g/mol. The zero-order valence-corrected chi connectivity index (χ0v) is 10.7. The molecule has 2 heterocycles. The molecule has 1 amide bonds. The Balaban J connectivity index is 1.67. The van der Waals surface area contributed by atoms with Crippen LogP contribution in [0.2, 0.25) is 0 Å². The van der Waals surface area contributed by atoms with Gasteiger partial charge in [-0.05, 0) is 25.0 Å². The Kier molecular flexibility index (Phi) is 3.28. The van der Waals surface area contributed by atoms with Crippen LogP contribution in [0, 0.1) is 0 Å². The number of fused-ring (bicyclic) bond motifs is 1. The van der Waals surface area contributed by atoms with Gasteiger partial charge in [-0.3, -0.25) is 4.79 Å². The number of nitrogens with one attached hydrogen (secondary N) is 1. The lowest BCUT2D eigenvalue weighted by molar-refractivity contribution is -0.123. The van der Waals surface area contributed by atoms with E-state index in [4.69, 9.17) is 4.74 Å². The van der Waals surface area contributed by atoms with E-state index in [-0.39, 0.29) is 5.91 Å². The van der Waals surface area contributed by atoms with Crippen molar-refractivity contribution < 1.29 is 14.6 Å². The predicted octanol–water partition coefficient (Wildman–Crippen LogP) is 1.94. The summed E-state index contributed by atoms with van der Waals surface area (Å²) in [5.41, 5.74) is 1.39. The minimum atomic E-state index is -1.02. The molecule has 0 aliphatic carbocycles. The summed E-state index contributed by atoms with van der Waals surface area (Å²) >= 11 is 1.73. The second-order valence-electron chi connectivity index (χ2n) is 4.59. The lowest BCUT2D eigenvalue weighted by Crippen LogP contribution is -2.10. The Morgan fingerprint density at radius 3 is 3.17 bits per heavy atom. The van der Waals surface area contributed by atoms with E-state index in [0.29, 0.717) is 11.7 Å². The van der Waals surface area contributed by atoms with E-state index in [9.17, 15) is 9.90 Å². The Labute approximate surface area is 110 Å². The fraction of sp³-hybridized carbons (Fsp3) is 0.462. The van der Waals surface area contributed by atoms with Gasteiger partial charge in [0, 0.05) is 28.5 Å². The maximum atomic E-state index is 11.3. The number of aliphatic hydroxyl groups is 1. The molecule has 2 aliphatic rings. The van der Waals surface area contributed by atoms with Crippen molar-refractivity contribution in [3.05, 3.63) is 23.8 Å². The van der Waals surface area contributed by atoms with Crippen LogP contribution >= 0.6 is 11.8 Å². The quantitative estimate of drug-likeness (QED) is 0.820. The highest BCUT2D eigenvalue weighted by Crippen LogP contribution is 2.34. The van der Waals surface area contributed by atoms with E-state index in [1.807, 2.05) is 18.2 Å². The number of thioether (sulfide) groups is 1. The van der Waals surface area contributed by atoms with Crippen LogP contribution in [0.15, 0.2) is 23.1 Å². The van der Waals surface area contributed by atoms with E-state index in [0.717, 1.165) is 35.8 Å². The van der Waals surface area contributed by atoms with Gasteiger partial charge < -0.3 is 15.2 Å². The van der Waals surface area contributed by atoms with Crippen LogP contribution in [0.1, 0.15) is 24.5 Å². The number of aliphatic hydroxyl groups excluding tert-OH is 1. The SMILES string of the molecule is O=C1Nc2cc(SCC3CCCO3)ccc2C1O. The summed E-state index contributed by atoms with van der Waals surface area (Å²) < 4.78 is 5.57. The van der Waals surface area contributed by atoms with Crippen molar-refractivity contribution in [3.63, 3.8) is 0 Å². The number of rotatable bonds is 3. The monoisotopic (exact) mass is 265 g/mol. The van der Waals surface area contributed by atoms with Crippen LogP contribution in [0.5, 0.6) is 0 Å². The van der Waals surface area contributed by atoms with Crippen LogP contribution in [0.25, 0.3) is 0 Å². The second-order valence-corrected chi connectivity index (χ2v) is 5.68. The summed E-state index contributed by atoms with van der Waals surface area (Å²) in [5.74, 6) is 0.598. The highest BCUT2D eigenvalue weighted by molar-refractivity contribution is 7.99. The first-order valence-electron chi connectivity index (χ1n) is 6.11. The molecular formula is C13H15NO3S. The number of benzene rings is 1. The molecule has 0 aromatic heterocycles. The Morgan fingerprint density at radius 2 is 2.39 bits per heavy atom. The molecule has 18 heavy (non-hydrogen) atoms. The maximum Gasteiger partial charge on any atom is 0.257 e. The van der Waals surface area contributed by atoms with E-state index in [1.54, 1.807) is 11.8 Å². The van der Waals surface area contributed by atoms with E-state index >= 15 is 0 Å². The van der Waals surface area contributed by atoms with Gasteiger partial charge in [-0.25, -0.2) is 0 Å². The third kappa shape index (κ3) is 2.25. The smallest absolute Gasteiger partial charge is 0.257 e. The topological polar surface area (TPSA) is 58.6 Å². The van der Waals surface area contributed by atoms with Crippen molar-refractivity contribution in [2.45, 2.75) is 29.9 Å². The largest absolute Gasteiger partial charge is 0.378 e. The molecule has 2 unspecified atom stereocenters. The van der Waals surface area contributed by atoms with Gasteiger partial charge in [0.05, 0.1) is 6.10 Å². The highest BCUT2D eigenvalue weighted by Gasteiger charge is 2.28. The van der Waals surface area contributed by atoms with Crippen LogP contribution in [-0.2, 0) is 9.53 Å². The van der Waals surface area contributed by atoms with Crippen LogP contribution in [0.3, 0.4) is 0 Å². The molecule has 0 saturated carbocycles. The number of amides is 1. The summed E-state index contributed by atoms with van der Waals surface area (Å²) in [6.45, 7) is 0.873. The summed E-state index contributed by atoms with van der Waals surface area (Å²) in [7, 11) is 0. The van der Waals surface area contributed by atoms with Crippen molar-refractivity contribution in [1.82, 2.24) is 0 Å². The molecule has 0 bridgehead atoms. The van der Waals surface area contributed by atoms with E-state index in [1.165, 1.54) is 0 Å². The lowest BCUT2D eigenvalue weighted by Gasteiger charge is -2.09. The zero-order chi connectivity index (χ0) is 12.5. The number of hydrogen-bond acceptors (Lipinski definition) is 4. The van der Waals surface area contributed by atoms with Crippen molar-refractivity contribution >= 4 is 23.4 Å². The summed E-state index contributed by atoms with van der Waals surface area (Å²) in [5, 5.41) is 12.3. The summed E-state index contributed by atoms with van der Waals surface area (Å²) in [6, 6.07) is 5.68. The Bertz CT molecular complexity index is 471. The van der Waals surface area contributed by atoms with E-state index in [2.05, 4.69) is 5.32 Å². The van der Waals surface area contributed by atoms with Crippen LogP contribution in [-0.4, -0.2) is 29.5 Å². The summed E-state index contributed by atoms with van der Waals surface area (Å²) in [4.78, 5) is 12.4. The van der Waals surface area contributed by atoms with Gasteiger partial charge in [0.2, 0.25) is 0 Å². The van der Waals surface area contributed by atoms with Gasteiger partial charge >= 0.3 is 0 Å². The molecule has 2 aliphatic heterocycles. The van der Waals surface area contributed by atoms with Gasteiger partial charge in [-0.15, -0.1) is 11.8 Å². The molecule has 1 aromatic carbocycles. The molecule has 0 spiro atoms. The zero-order valence-electron chi connectivity index (χ0n) is 9.89. The summed E-state index contributed by atoms with van der Waals surface area (Å²) in [6.07, 6.45) is 1.62. The number of anilines is 1. The number of hydrogen-bond donors (Lipinski definition) is 2. The number of carbonyl (C=O) groups is 1. The predicted molar refractivity (Wildman–Crippen MR) is 69.7 cm³/mol. The first-order chi connectivity index (χ1) is 8.74. The van der Waals surface area contributed by atoms with Gasteiger partial charge in [-0.2, -0.15) is 0 Å². The minimum absolute atomic E-state index is 0.341. The van der Waals surface area contributed by atoms with Crippen molar-refractivity contribution in [2.75, 3.05) is 17.7 Å². The number of ether oxygens (including phenoxy) is 1. The highest BCUT2D eigenvalue weighted by atomic mass is 32.2. The molecule has 1 saturated heterocycles. The molecule has 2 atom stereocenters. The molecule has 1 fully saturated rings. The third-order valence-electron chi connectivity index (χ3n) is 3.29. The van der Waals surface area contributed by atoms with Crippen molar-refractivity contribution in [3.8, 4) is 0 Å². The first kappa shape index (κ1) is 12.0. The molecular weight excluding hydrogens is 250 g/mol. The van der Waals surface area contributed by atoms with Gasteiger partial charge in [0.1, 0.15) is 0 Å². The number of carbonyl (C=O) groups excluding carboxylic acids is 1. The van der Waals surface area contributed by atoms with Gasteiger partial charge in [-0.1, -0.05) is 6.07 Å². The minimum Gasteiger partial charge on any atom is -0.378 e. The molecule has 3 rings (SSSR count). The average Bonchev–Trinajstić information content (AvgIpc) is 2.97. The molecule has 5 heteroatoms. The first-order valence-corrected chi connectivity index (χ1v) is 7.10. The van der Waals surface area contributed by atoms with E-state index < -0.39 is 6.10 Å². The van der Waals surface area contributed by atoms with Crippen LogP contribution < -0.4 is 5.32 Å². The van der Waals surface area contributed by atoms with Gasteiger partial charge in [0.25, 0.3) is 5.91 Å². The second kappa shape index (κ2) is 4.91.